The Morgan fingerprint density at radius 1 is 1.14 bits per heavy atom. The van der Waals surface area contributed by atoms with E-state index >= 15 is 0 Å². The van der Waals surface area contributed by atoms with Crippen LogP contribution in [0.15, 0.2) is 36.2 Å². The predicted octanol–water partition coefficient (Wildman–Crippen LogP) is 5.69. The van der Waals surface area contributed by atoms with Crippen LogP contribution in [-0.4, -0.2) is 19.1 Å². The zero-order valence-corrected chi connectivity index (χ0v) is 17.5. The Balaban J connectivity index is 1.61. The molecular formula is C24H34FNO2. The molecule has 4 rings (SSSR count). The first kappa shape index (κ1) is 20.9. The number of amides is 1. The van der Waals surface area contributed by atoms with Crippen molar-refractivity contribution < 1.29 is 13.9 Å². The van der Waals surface area contributed by atoms with E-state index < -0.39 is 0 Å². The minimum Gasteiger partial charge on any atom is -0.489 e. The van der Waals surface area contributed by atoms with Crippen molar-refractivity contribution in [3.63, 3.8) is 0 Å². The van der Waals surface area contributed by atoms with Crippen LogP contribution < -0.4 is 10.1 Å². The van der Waals surface area contributed by atoms with Crippen molar-refractivity contribution in [2.45, 2.75) is 71.1 Å². The third-order valence-corrected chi connectivity index (χ3v) is 6.90. The molecule has 3 nitrogen and oxygen atoms in total. The summed E-state index contributed by atoms with van der Waals surface area (Å²) in [5.41, 5.74) is 2.07. The second kappa shape index (κ2) is 8.67. The number of hydrogen-bond acceptors (Lipinski definition) is 2. The molecule has 1 N–H and O–H groups in total. The number of hydrogen-bond donors (Lipinski definition) is 1. The van der Waals surface area contributed by atoms with Gasteiger partial charge in [0.05, 0.1) is 6.33 Å². The Bertz CT molecular complexity index is 683. The average molecular weight is 388 g/mol. The zero-order chi connectivity index (χ0) is 20.2. The highest BCUT2D eigenvalue weighted by Gasteiger charge is 2.52. The fraction of sp³-hybridized carbons (Fsp3) is 0.625. The van der Waals surface area contributed by atoms with Gasteiger partial charge >= 0.3 is 0 Å². The number of rotatable bonds is 8. The highest BCUT2D eigenvalue weighted by molar-refractivity contribution is 5.83. The van der Waals surface area contributed by atoms with Crippen molar-refractivity contribution in [2.24, 2.45) is 11.3 Å². The zero-order valence-electron chi connectivity index (χ0n) is 17.5. The Labute approximate surface area is 168 Å². The molecule has 1 aromatic rings. The Morgan fingerprint density at radius 2 is 1.75 bits per heavy atom. The van der Waals surface area contributed by atoms with Gasteiger partial charge in [-0.1, -0.05) is 32.9 Å². The molecule has 28 heavy (non-hydrogen) atoms. The van der Waals surface area contributed by atoms with E-state index in [0.717, 1.165) is 50.8 Å². The fourth-order valence-corrected chi connectivity index (χ4v) is 4.74. The Hall–Kier alpha value is -1.84. The lowest BCUT2D eigenvalue weighted by Crippen LogP contribution is -2.52. The first-order valence-corrected chi connectivity index (χ1v) is 10.7. The lowest BCUT2D eigenvalue weighted by molar-refractivity contribution is -0.138. The van der Waals surface area contributed by atoms with E-state index in [4.69, 9.17) is 4.74 Å². The maximum Gasteiger partial charge on any atom is 0.226 e. The predicted molar refractivity (Wildman–Crippen MR) is 111 cm³/mol. The average Bonchev–Trinajstić information content (AvgIpc) is 2.74. The van der Waals surface area contributed by atoms with E-state index in [1.54, 1.807) is 0 Å². The summed E-state index contributed by atoms with van der Waals surface area (Å²) in [6.45, 7) is 7.26. The SMILES string of the molecule is CC/C(=C\F)COc1ccc(C23CCC(C(=O)NCC(C)C)(CC2)CC3)cc1. The molecule has 0 unspecified atom stereocenters. The highest BCUT2D eigenvalue weighted by atomic mass is 19.1. The van der Waals surface area contributed by atoms with Crippen LogP contribution in [-0.2, 0) is 10.2 Å². The van der Waals surface area contributed by atoms with Gasteiger partial charge in [-0.15, -0.1) is 0 Å². The van der Waals surface area contributed by atoms with Crippen LogP contribution in [0.2, 0.25) is 0 Å². The summed E-state index contributed by atoms with van der Waals surface area (Å²) in [5, 5.41) is 3.17. The van der Waals surface area contributed by atoms with Gasteiger partial charge in [-0.2, -0.15) is 0 Å². The topological polar surface area (TPSA) is 38.3 Å². The number of ether oxygens (including phenoxy) is 1. The lowest BCUT2D eigenvalue weighted by Gasteiger charge is -2.53. The van der Waals surface area contributed by atoms with Crippen molar-refractivity contribution in [3.8, 4) is 5.75 Å². The van der Waals surface area contributed by atoms with Crippen molar-refractivity contribution in [1.82, 2.24) is 5.32 Å². The van der Waals surface area contributed by atoms with Gasteiger partial charge < -0.3 is 10.1 Å². The van der Waals surface area contributed by atoms with Crippen LogP contribution in [0.5, 0.6) is 5.75 Å². The minimum atomic E-state index is -0.144. The number of carbonyl (C=O) groups excluding carboxylic acids is 1. The number of fused-ring (bicyclic) bond motifs is 3. The molecule has 2 bridgehead atoms. The van der Waals surface area contributed by atoms with Gasteiger partial charge in [0.15, 0.2) is 0 Å². The first-order valence-electron chi connectivity index (χ1n) is 10.7. The third-order valence-electron chi connectivity index (χ3n) is 6.90. The number of halogens is 1. The number of carbonyl (C=O) groups is 1. The maximum absolute atomic E-state index is 12.8. The Kier molecular flexibility index (Phi) is 6.47. The van der Waals surface area contributed by atoms with Crippen LogP contribution in [0.25, 0.3) is 0 Å². The van der Waals surface area contributed by atoms with Crippen LogP contribution in [0.1, 0.15) is 71.3 Å². The van der Waals surface area contributed by atoms with E-state index in [9.17, 15) is 9.18 Å². The van der Waals surface area contributed by atoms with Crippen LogP contribution >= 0.6 is 0 Å². The summed E-state index contributed by atoms with van der Waals surface area (Å²) < 4.78 is 18.4. The molecule has 0 aromatic heterocycles. The molecule has 3 saturated carbocycles. The van der Waals surface area contributed by atoms with Crippen molar-refractivity contribution in [3.05, 3.63) is 41.7 Å². The summed E-state index contributed by atoms with van der Waals surface area (Å²) in [4.78, 5) is 12.8. The lowest BCUT2D eigenvalue weighted by atomic mass is 9.51. The van der Waals surface area contributed by atoms with Crippen LogP contribution in [0.4, 0.5) is 4.39 Å². The number of nitrogens with one attached hydrogen (secondary N) is 1. The molecule has 3 fully saturated rings. The Morgan fingerprint density at radius 3 is 2.25 bits per heavy atom. The summed E-state index contributed by atoms with van der Waals surface area (Å²) >= 11 is 0. The molecule has 0 heterocycles. The molecule has 1 amide bonds. The quantitative estimate of drug-likeness (QED) is 0.622. The van der Waals surface area contributed by atoms with Gasteiger partial charge in [-0.3, -0.25) is 4.79 Å². The summed E-state index contributed by atoms with van der Waals surface area (Å²) in [7, 11) is 0. The molecule has 0 radical (unpaired) electrons. The van der Waals surface area contributed by atoms with Gasteiger partial charge in [0.2, 0.25) is 5.91 Å². The summed E-state index contributed by atoms with van der Waals surface area (Å²) in [6, 6.07) is 8.33. The second-order valence-corrected chi connectivity index (χ2v) is 9.10. The summed E-state index contributed by atoms with van der Waals surface area (Å²) in [5.74, 6) is 1.54. The van der Waals surface area contributed by atoms with Gasteiger partial charge in [0.25, 0.3) is 0 Å². The molecule has 3 aliphatic carbocycles. The normalized spacial score (nSPS) is 27.1. The van der Waals surface area contributed by atoms with Crippen LogP contribution in [0.3, 0.4) is 0 Å². The molecule has 0 spiro atoms. The third kappa shape index (κ3) is 4.26. The van der Waals surface area contributed by atoms with Crippen molar-refractivity contribution in [1.29, 1.82) is 0 Å². The molecular weight excluding hydrogens is 353 g/mol. The molecule has 1 aromatic carbocycles. The smallest absolute Gasteiger partial charge is 0.226 e. The molecule has 3 aliphatic rings. The van der Waals surface area contributed by atoms with Gasteiger partial charge in [-0.05, 0) is 79.5 Å². The van der Waals surface area contributed by atoms with Gasteiger partial charge in [0, 0.05) is 12.0 Å². The first-order chi connectivity index (χ1) is 13.4. The fourth-order valence-electron chi connectivity index (χ4n) is 4.74. The molecule has 4 heteroatoms. The standard InChI is InChI=1S/C24H34FNO2/c1-4-19(15-25)17-28-21-7-5-20(6-8-21)23-9-12-24(13-10-23,14-11-23)22(27)26-16-18(2)3/h5-8,15,18H,4,9-14,16-17H2,1-3H3,(H,26,27)/b19-15+. The van der Waals surface area contributed by atoms with E-state index in [2.05, 4.69) is 31.3 Å². The largest absolute Gasteiger partial charge is 0.489 e. The van der Waals surface area contributed by atoms with Gasteiger partial charge in [-0.25, -0.2) is 4.39 Å². The van der Waals surface area contributed by atoms with Crippen LogP contribution in [0, 0.1) is 11.3 Å². The van der Waals surface area contributed by atoms with E-state index in [1.165, 1.54) is 5.56 Å². The molecule has 0 aliphatic heterocycles. The van der Waals surface area contributed by atoms with E-state index in [-0.39, 0.29) is 16.7 Å². The second-order valence-electron chi connectivity index (χ2n) is 9.10. The van der Waals surface area contributed by atoms with Crippen molar-refractivity contribution in [2.75, 3.05) is 13.2 Å². The molecule has 154 valence electrons. The van der Waals surface area contributed by atoms with Crippen molar-refractivity contribution >= 4 is 5.91 Å². The van der Waals surface area contributed by atoms with E-state index in [0.29, 0.717) is 30.8 Å². The van der Waals surface area contributed by atoms with Gasteiger partial charge in [0.1, 0.15) is 12.4 Å². The monoisotopic (exact) mass is 387 g/mol. The molecule has 0 saturated heterocycles. The maximum atomic E-state index is 12.8. The minimum absolute atomic E-state index is 0.144. The molecule has 0 atom stereocenters. The summed E-state index contributed by atoms with van der Waals surface area (Å²) in [6.07, 6.45) is 7.47. The number of benzene rings is 1. The van der Waals surface area contributed by atoms with E-state index in [1.807, 2.05) is 19.1 Å². The highest BCUT2D eigenvalue weighted by Crippen LogP contribution is 2.57.